The molecule has 1 heterocycles. The van der Waals surface area contributed by atoms with Crippen molar-refractivity contribution in [2.45, 2.75) is 0 Å². The number of carbonyl (C=O) groups excluding carboxylic acids is 3. The predicted molar refractivity (Wildman–Crippen MR) is 91.6 cm³/mol. The molecule has 0 aliphatic rings. The number of ether oxygens (including phenoxy) is 1. The Balaban J connectivity index is 2.02. The minimum absolute atomic E-state index is 0.0427. The second-order valence-corrected chi connectivity index (χ2v) is 5.93. The molecule has 2 aromatic rings. The number of hydrogen-bond donors (Lipinski definition) is 4. The first kappa shape index (κ1) is 17.6. The number of nitrogens with one attached hydrogen (secondary N) is 2. The third-order valence-electron chi connectivity index (χ3n) is 2.69. The number of urea groups is 1. The molecular formula is C14H13ClN4O4S. The van der Waals surface area contributed by atoms with Gasteiger partial charge in [-0.3, -0.25) is 14.9 Å². The van der Waals surface area contributed by atoms with E-state index >= 15 is 0 Å². The minimum atomic E-state index is -0.848. The lowest BCUT2D eigenvalue weighted by Crippen LogP contribution is -2.21. The summed E-state index contributed by atoms with van der Waals surface area (Å²) in [6.45, 7) is -0.286. The number of carbonyl (C=O) groups is 3. The molecule has 0 unspecified atom stereocenters. The Kier molecular flexibility index (Phi) is 5.61. The summed E-state index contributed by atoms with van der Waals surface area (Å²) in [5, 5.41) is 5.64. The summed E-state index contributed by atoms with van der Waals surface area (Å²) in [5.41, 5.74) is 10.3. The highest BCUT2D eigenvalue weighted by Gasteiger charge is 2.16. The summed E-state index contributed by atoms with van der Waals surface area (Å²) in [4.78, 5) is 34.2. The van der Waals surface area contributed by atoms with Crippen LogP contribution in [0.15, 0.2) is 30.3 Å². The molecule has 8 nitrogen and oxygen atoms in total. The molecule has 4 amide bonds. The van der Waals surface area contributed by atoms with Crippen LogP contribution in [0.3, 0.4) is 0 Å². The van der Waals surface area contributed by atoms with Crippen LogP contribution < -0.4 is 26.8 Å². The van der Waals surface area contributed by atoms with Crippen LogP contribution in [-0.4, -0.2) is 24.5 Å². The van der Waals surface area contributed by atoms with Gasteiger partial charge in [-0.2, -0.15) is 0 Å². The molecule has 0 radical (unpaired) electrons. The fourth-order valence-electron chi connectivity index (χ4n) is 1.72. The third kappa shape index (κ3) is 4.61. The van der Waals surface area contributed by atoms with E-state index in [0.29, 0.717) is 15.8 Å². The van der Waals surface area contributed by atoms with E-state index in [-0.39, 0.29) is 17.2 Å². The molecule has 1 aromatic heterocycles. The number of hydrogen-bond acceptors (Lipinski definition) is 5. The van der Waals surface area contributed by atoms with Crippen LogP contribution in [-0.2, 0) is 4.79 Å². The summed E-state index contributed by atoms with van der Waals surface area (Å²) < 4.78 is 5.30. The Labute approximate surface area is 145 Å². The van der Waals surface area contributed by atoms with Crippen molar-refractivity contribution in [3.63, 3.8) is 0 Å². The number of rotatable bonds is 6. The van der Waals surface area contributed by atoms with E-state index in [2.05, 4.69) is 10.6 Å². The second kappa shape index (κ2) is 7.66. The van der Waals surface area contributed by atoms with Gasteiger partial charge in [-0.1, -0.05) is 35.1 Å². The largest absolute Gasteiger partial charge is 0.482 e. The van der Waals surface area contributed by atoms with Crippen LogP contribution in [0.25, 0.3) is 0 Å². The molecule has 2 rings (SSSR count). The molecule has 10 heteroatoms. The zero-order chi connectivity index (χ0) is 17.7. The lowest BCUT2D eigenvalue weighted by Gasteiger charge is -2.07. The maximum Gasteiger partial charge on any atom is 0.317 e. The molecule has 24 heavy (non-hydrogen) atoms. The number of benzene rings is 1. The molecule has 0 bridgehead atoms. The van der Waals surface area contributed by atoms with Crippen molar-refractivity contribution in [1.82, 2.24) is 0 Å². The zero-order valence-corrected chi connectivity index (χ0v) is 13.7. The predicted octanol–water partition coefficient (Wildman–Crippen LogP) is 2.01. The van der Waals surface area contributed by atoms with Crippen molar-refractivity contribution >= 4 is 50.8 Å². The Bertz CT molecular complexity index is 793. The Morgan fingerprint density at radius 3 is 2.50 bits per heavy atom. The van der Waals surface area contributed by atoms with E-state index in [9.17, 15) is 14.4 Å². The number of thiophene rings is 1. The molecule has 0 aliphatic carbocycles. The van der Waals surface area contributed by atoms with Gasteiger partial charge in [0.05, 0.1) is 15.6 Å². The van der Waals surface area contributed by atoms with Crippen molar-refractivity contribution in [2.24, 2.45) is 11.5 Å². The van der Waals surface area contributed by atoms with Crippen molar-refractivity contribution in [3.05, 3.63) is 40.9 Å². The van der Waals surface area contributed by atoms with E-state index in [0.717, 1.165) is 11.3 Å². The maximum atomic E-state index is 11.9. The Morgan fingerprint density at radius 1 is 1.17 bits per heavy atom. The molecule has 0 saturated heterocycles. The van der Waals surface area contributed by atoms with E-state index in [1.54, 1.807) is 24.3 Å². The maximum absolute atomic E-state index is 11.9. The van der Waals surface area contributed by atoms with Crippen LogP contribution in [0.4, 0.5) is 14.8 Å². The summed E-state index contributed by atoms with van der Waals surface area (Å²) in [5.74, 6) is -0.866. The summed E-state index contributed by atoms with van der Waals surface area (Å²) in [6.07, 6.45) is 0. The highest BCUT2D eigenvalue weighted by molar-refractivity contribution is 7.20. The molecule has 0 saturated carbocycles. The van der Waals surface area contributed by atoms with Crippen LogP contribution in [0, 0.1) is 0 Å². The van der Waals surface area contributed by atoms with Gasteiger partial charge >= 0.3 is 6.03 Å². The zero-order valence-electron chi connectivity index (χ0n) is 12.2. The van der Waals surface area contributed by atoms with Gasteiger partial charge in [0, 0.05) is 0 Å². The standard InChI is InChI=1S/C14H13ClN4O4S/c15-8-3-1-2-4-9(8)23-6-10(20)18-11-5-7(12(16)21)13(24-11)19-14(17)22/h1-5H,6H2,(H2,16,21)(H,18,20)(H3,17,19,22). The van der Waals surface area contributed by atoms with E-state index in [4.69, 9.17) is 27.8 Å². The van der Waals surface area contributed by atoms with E-state index in [1.807, 2.05) is 0 Å². The quantitative estimate of drug-likeness (QED) is 0.619. The first-order chi connectivity index (χ1) is 11.4. The number of primary amides is 2. The smallest absolute Gasteiger partial charge is 0.317 e. The van der Waals surface area contributed by atoms with Gasteiger partial charge in [-0.15, -0.1) is 0 Å². The van der Waals surface area contributed by atoms with Gasteiger partial charge in [0.15, 0.2) is 6.61 Å². The molecule has 0 spiro atoms. The lowest BCUT2D eigenvalue weighted by atomic mass is 10.3. The highest BCUT2D eigenvalue weighted by atomic mass is 35.5. The number of anilines is 2. The number of amides is 4. The monoisotopic (exact) mass is 368 g/mol. The first-order valence-corrected chi connectivity index (χ1v) is 7.73. The summed E-state index contributed by atoms with van der Waals surface area (Å²) in [6, 6.07) is 7.21. The fourth-order valence-corrected chi connectivity index (χ4v) is 2.89. The third-order valence-corrected chi connectivity index (χ3v) is 3.97. The first-order valence-electron chi connectivity index (χ1n) is 6.54. The lowest BCUT2D eigenvalue weighted by molar-refractivity contribution is -0.118. The molecule has 0 aliphatic heterocycles. The number of para-hydroxylation sites is 1. The molecule has 6 N–H and O–H groups in total. The average molecular weight is 369 g/mol. The number of halogens is 1. The molecule has 0 atom stereocenters. The van der Waals surface area contributed by atoms with Gasteiger partial charge < -0.3 is 21.5 Å². The van der Waals surface area contributed by atoms with Gasteiger partial charge in [0.2, 0.25) is 0 Å². The minimum Gasteiger partial charge on any atom is -0.482 e. The van der Waals surface area contributed by atoms with Gasteiger partial charge in [0.1, 0.15) is 10.8 Å². The summed E-state index contributed by atoms with van der Waals surface area (Å²) >= 11 is 6.86. The van der Waals surface area contributed by atoms with Crippen molar-refractivity contribution in [1.29, 1.82) is 0 Å². The number of nitrogens with two attached hydrogens (primary N) is 2. The van der Waals surface area contributed by atoms with Crippen LogP contribution in [0.1, 0.15) is 10.4 Å². The van der Waals surface area contributed by atoms with Crippen molar-refractivity contribution < 1.29 is 19.1 Å². The van der Waals surface area contributed by atoms with Crippen LogP contribution in [0.2, 0.25) is 5.02 Å². The Morgan fingerprint density at radius 2 is 1.88 bits per heavy atom. The van der Waals surface area contributed by atoms with E-state index in [1.165, 1.54) is 6.07 Å². The highest BCUT2D eigenvalue weighted by Crippen LogP contribution is 2.32. The van der Waals surface area contributed by atoms with E-state index < -0.39 is 17.8 Å². The van der Waals surface area contributed by atoms with Crippen LogP contribution in [0.5, 0.6) is 5.75 Å². The molecule has 1 aromatic carbocycles. The topological polar surface area (TPSA) is 137 Å². The fraction of sp³-hybridized carbons (Fsp3) is 0.0714. The second-order valence-electron chi connectivity index (χ2n) is 4.47. The normalized spacial score (nSPS) is 10.0. The van der Waals surface area contributed by atoms with Crippen LogP contribution >= 0.6 is 22.9 Å². The molecule has 0 fully saturated rings. The van der Waals surface area contributed by atoms with Crippen molar-refractivity contribution in [3.8, 4) is 5.75 Å². The molecule has 126 valence electrons. The Hall–Kier alpha value is -2.78. The van der Waals surface area contributed by atoms with Gasteiger partial charge in [-0.05, 0) is 18.2 Å². The SMILES string of the molecule is NC(=O)Nc1sc(NC(=O)COc2ccccc2Cl)cc1C(N)=O. The molecular weight excluding hydrogens is 356 g/mol. The summed E-state index contributed by atoms with van der Waals surface area (Å²) in [7, 11) is 0. The average Bonchev–Trinajstić information content (AvgIpc) is 2.88. The van der Waals surface area contributed by atoms with Gasteiger partial charge in [-0.25, -0.2) is 4.79 Å². The van der Waals surface area contributed by atoms with Crippen molar-refractivity contribution in [2.75, 3.05) is 17.2 Å². The van der Waals surface area contributed by atoms with Gasteiger partial charge in [0.25, 0.3) is 11.8 Å².